The molecule has 0 amide bonds. The molecule has 0 saturated carbocycles. The van der Waals surface area contributed by atoms with Crippen LogP contribution in [0.4, 0.5) is 0 Å². The second kappa shape index (κ2) is 11.9. The summed E-state index contributed by atoms with van der Waals surface area (Å²) in [4.78, 5) is 18.8. The van der Waals surface area contributed by atoms with Crippen LogP contribution in [0.3, 0.4) is 0 Å². The van der Waals surface area contributed by atoms with Crippen LogP contribution in [0.5, 0.6) is 11.6 Å². The predicted molar refractivity (Wildman–Crippen MR) is 179 cm³/mol. The van der Waals surface area contributed by atoms with Crippen molar-refractivity contribution in [3.05, 3.63) is 182 Å². The van der Waals surface area contributed by atoms with E-state index in [4.69, 9.17) is 4.74 Å². The predicted octanol–water partition coefficient (Wildman–Crippen LogP) is 7.51. The zero-order valence-electron chi connectivity index (χ0n) is 24.7. The summed E-state index contributed by atoms with van der Waals surface area (Å²) in [5, 5.41) is 13.0. The molecule has 3 aromatic heterocycles. The Kier molecular flexibility index (Phi) is 7.53. The Bertz CT molecular complexity index is 2020. The molecule has 0 saturated heterocycles. The van der Waals surface area contributed by atoms with Gasteiger partial charge in [0.05, 0.1) is 10.6 Å². The van der Waals surface area contributed by atoms with Gasteiger partial charge in [-0.3, -0.25) is 9.36 Å². The molecule has 4 aromatic carbocycles. The maximum Gasteiger partial charge on any atom is 0.311 e. The van der Waals surface area contributed by atoms with Gasteiger partial charge in [0, 0.05) is 25.1 Å². The lowest BCUT2D eigenvalue weighted by Gasteiger charge is -2.37. The lowest BCUT2D eigenvalue weighted by atomic mass is 9.76. The van der Waals surface area contributed by atoms with Crippen LogP contribution in [-0.2, 0) is 25.6 Å². The molecule has 0 spiro atoms. The van der Waals surface area contributed by atoms with Gasteiger partial charge < -0.3 is 14.4 Å². The Morgan fingerprint density at radius 3 is 1.91 bits per heavy atom. The van der Waals surface area contributed by atoms with Gasteiger partial charge in [0.15, 0.2) is 0 Å². The highest BCUT2D eigenvalue weighted by molar-refractivity contribution is 7.09. The van der Waals surface area contributed by atoms with Crippen molar-refractivity contribution < 1.29 is 9.84 Å². The van der Waals surface area contributed by atoms with Gasteiger partial charge in [-0.1, -0.05) is 114 Å². The molecule has 0 radical (unpaired) electrons. The molecule has 1 N–H and O–H groups in total. The van der Waals surface area contributed by atoms with E-state index in [2.05, 4.69) is 11.1 Å². The molecular formula is C38H31N3O3S. The molecule has 0 aliphatic rings. The smallest absolute Gasteiger partial charge is 0.311 e. The van der Waals surface area contributed by atoms with Gasteiger partial charge >= 0.3 is 4.87 Å². The van der Waals surface area contributed by atoms with Crippen LogP contribution in [-0.4, -0.2) is 19.2 Å². The molecule has 7 heteroatoms. The van der Waals surface area contributed by atoms with Gasteiger partial charge in [-0.15, -0.1) is 0 Å². The van der Waals surface area contributed by atoms with E-state index in [0.29, 0.717) is 17.9 Å². The van der Waals surface area contributed by atoms with Crippen LogP contribution >= 0.6 is 11.3 Å². The van der Waals surface area contributed by atoms with Crippen LogP contribution in [0.1, 0.15) is 32.8 Å². The van der Waals surface area contributed by atoms with Gasteiger partial charge in [-0.25, -0.2) is 4.98 Å². The monoisotopic (exact) mass is 609 g/mol. The standard InChI is InChI=1S/C38H31N3O3S/c1-40-32(25-28-12-11-23-39-35(28)40)26-44-33-21-19-27(20-22-33)24-34-36(42)41(37(43)45-34)38(29-13-5-2-6-14-29,30-15-7-3-8-16-30)31-17-9-4-10-18-31/h2-23,25,42H,24,26H2,1H3. The van der Waals surface area contributed by atoms with Crippen molar-refractivity contribution in [1.82, 2.24) is 14.1 Å². The van der Waals surface area contributed by atoms with Crippen molar-refractivity contribution in [3.63, 3.8) is 0 Å². The number of fused-ring (bicyclic) bond motifs is 1. The van der Waals surface area contributed by atoms with E-state index in [0.717, 1.165) is 56.1 Å². The minimum Gasteiger partial charge on any atom is -0.494 e. The number of aryl methyl sites for hydroxylation is 1. The van der Waals surface area contributed by atoms with Crippen LogP contribution in [0, 0.1) is 0 Å². The summed E-state index contributed by atoms with van der Waals surface area (Å²) in [7, 11) is 1.99. The first-order valence-electron chi connectivity index (χ1n) is 14.8. The van der Waals surface area contributed by atoms with Crippen molar-refractivity contribution in [2.45, 2.75) is 18.6 Å². The maximum atomic E-state index is 14.0. The molecule has 0 aliphatic carbocycles. The Morgan fingerprint density at radius 2 is 1.36 bits per heavy atom. The lowest BCUT2D eigenvalue weighted by Crippen LogP contribution is -2.42. The zero-order chi connectivity index (χ0) is 30.8. The summed E-state index contributed by atoms with van der Waals surface area (Å²) in [6.45, 7) is 0.415. The first kappa shape index (κ1) is 28.4. The Hall–Kier alpha value is -5.40. The van der Waals surface area contributed by atoms with Crippen molar-refractivity contribution in [2.75, 3.05) is 0 Å². The molecular weight excluding hydrogens is 579 g/mol. The number of aromatic nitrogens is 3. The lowest BCUT2D eigenvalue weighted by molar-refractivity contribution is 0.297. The second-order valence-electron chi connectivity index (χ2n) is 11.0. The van der Waals surface area contributed by atoms with Crippen LogP contribution in [0.2, 0.25) is 0 Å². The number of aromatic hydroxyl groups is 1. The van der Waals surface area contributed by atoms with Crippen molar-refractivity contribution in [3.8, 4) is 11.6 Å². The molecule has 7 rings (SSSR count). The van der Waals surface area contributed by atoms with E-state index in [1.807, 2.05) is 139 Å². The average Bonchev–Trinajstić information content (AvgIpc) is 3.56. The summed E-state index contributed by atoms with van der Waals surface area (Å²) < 4.78 is 9.70. The normalized spacial score (nSPS) is 11.6. The minimum atomic E-state index is -1.07. The van der Waals surface area contributed by atoms with Crippen molar-refractivity contribution in [2.24, 2.45) is 7.05 Å². The molecule has 0 unspecified atom stereocenters. The molecule has 0 fully saturated rings. The summed E-state index contributed by atoms with van der Waals surface area (Å²) in [5.74, 6) is 0.703. The van der Waals surface area contributed by atoms with Crippen molar-refractivity contribution >= 4 is 22.4 Å². The van der Waals surface area contributed by atoms with Gasteiger partial charge in [-0.05, 0) is 52.6 Å². The van der Waals surface area contributed by atoms with Crippen LogP contribution in [0.25, 0.3) is 11.0 Å². The molecule has 0 atom stereocenters. The molecule has 45 heavy (non-hydrogen) atoms. The summed E-state index contributed by atoms with van der Waals surface area (Å²) >= 11 is 1.08. The Labute approximate surface area is 265 Å². The number of rotatable bonds is 9. The van der Waals surface area contributed by atoms with Gasteiger partial charge in [0.1, 0.15) is 23.5 Å². The fourth-order valence-corrected chi connectivity index (χ4v) is 7.09. The number of hydrogen-bond acceptors (Lipinski definition) is 5. The quantitative estimate of drug-likeness (QED) is 0.172. The molecule has 222 valence electrons. The molecule has 0 aliphatic heterocycles. The highest BCUT2D eigenvalue weighted by atomic mass is 32.1. The third-order valence-electron chi connectivity index (χ3n) is 8.33. The third-order valence-corrected chi connectivity index (χ3v) is 9.26. The van der Waals surface area contributed by atoms with E-state index < -0.39 is 5.54 Å². The fourth-order valence-electron chi connectivity index (χ4n) is 6.14. The Morgan fingerprint density at radius 1 is 0.778 bits per heavy atom. The number of pyridine rings is 1. The largest absolute Gasteiger partial charge is 0.494 e. The van der Waals surface area contributed by atoms with Gasteiger partial charge in [0.2, 0.25) is 5.88 Å². The third kappa shape index (κ3) is 5.11. The molecule has 3 heterocycles. The van der Waals surface area contributed by atoms with E-state index in [9.17, 15) is 9.90 Å². The molecule has 6 nitrogen and oxygen atoms in total. The highest BCUT2D eigenvalue weighted by Crippen LogP contribution is 2.43. The summed E-state index contributed by atoms with van der Waals surface area (Å²) in [6.07, 6.45) is 2.20. The van der Waals surface area contributed by atoms with E-state index in [1.165, 1.54) is 0 Å². The molecule has 0 bridgehead atoms. The number of benzene rings is 4. The van der Waals surface area contributed by atoms with Crippen molar-refractivity contribution in [1.29, 1.82) is 0 Å². The first-order valence-corrected chi connectivity index (χ1v) is 15.6. The SMILES string of the molecule is Cn1c(COc2ccc(Cc3sc(=O)n(C(c4ccccc4)(c4ccccc4)c4ccccc4)c3O)cc2)cc2cccnc21. The van der Waals surface area contributed by atoms with Gasteiger partial charge in [-0.2, -0.15) is 0 Å². The average molecular weight is 610 g/mol. The maximum absolute atomic E-state index is 14.0. The number of thiazole rings is 1. The Balaban J connectivity index is 1.22. The van der Waals surface area contributed by atoms with Gasteiger partial charge in [0.25, 0.3) is 0 Å². The van der Waals surface area contributed by atoms with E-state index >= 15 is 0 Å². The fraction of sp³-hybridized carbons (Fsp3) is 0.105. The minimum absolute atomic E-state index is 0.0359. The number of hydrogen-bond donors (Lipinski definition) is 1. The number of nitrogens with zero attached hydrogens (tertiary/aromatic N) is 3. The first-order chi connectivity index (χ1) is 22.1. The van der Waals surface area contributed by atoms with Crippen LogP contribution < -0.4 is 9.61 Å². The van der Waals surface area contributed by atoms with E-state index in [-0.39, 0.29) is 10.8 Å². The molecule has 7 aromatic rings. The zero-order valence-corrected chi connectivity index (χ0v) is 25.5. The second-order valence-corrected chi connectivity index (χ2v) is 12.0. The summed E-state index contributed by atoms with van der Waals surface area (Å²) in [6, 6.07) is 43.6. The highest BCUT2D eigenvalue weighted by Gasteiger charge is 2.42. The number of ether oxygens (including phenoxy) is 1. The summed E-state index contributed by atoms with van der Waals surface area (Å²) in [5.41, 5.74) is 4.49. The van der Waals surface area contributed by atoms with E-state index in [1.54, 1.807) is 10.8 Å². The van der Waals surface area contributed by atoms with Crippen LogP contribution in [0.15, 0.2) is 144 Å². The topological polar surface area (TPSA) is 69.3 Å².